The lowest BCUT2D eigenvalue weighted by Gasteiger charge is -2.35. The maximum atomic E-state index is 13.7. The molecule has 0 unspecified atom stereocenters. The maximum Gasteiger partial charge on any atom is 0.274 e. The molecule has 49 heavy (non-hydrogen) atoms. The van der Waals surface area contributed by atoms with Crippen LogP contribution in [0.25, 0.3) is 11.2 Å². The van der Waals surface area contributed by atoms with Crippen molar-refractivity contribution in [1.29, 1.82) is 0 Å². The van der Waals surface area contributed by atoms with Gasteiger partial charge in [-0.05, 0) is 38.3 Å². The summed E-state index contributed by atoms with van der Waals surface area (Å²) in [5, 5.41) is 7.03. The molecule has 2 N–H and O–H groups in total. The van der Waals surface area contributed by atoms with Gasteiger partial charge in [0.2, 0.25) is 5.43 Å². The predicted molar refractivity (Wildman–Crippen MR) is 195 cm³/mol. The molecular weight excluding hydrogens is 635 g/mol. The van der Waals surface area contributed by atoms with Crippen LogP contribution < -0.4 is 20.8 Å². The summed E-state index contributed by atoms with van der Waals surface area (Å²) in [6, 6.07) is 12.4. The van der Waals surface area contributed by atoms with Gasteiger partial charge in [-0.1, -0.05) is 50.0 Å². The molecule has 262 valence electrons. The van der Waals surface area contributed by atoms with Crippen molar-refractivity contribution in [2.45, 2.75) is 97.3 Å². The molecule has 3 aromatic heterocycles. The number of amides is 1. The van der Waals surface area contributed by atoms with Gasteiger partial charge in [0, 0.05) is 89.4 Å². The topological polar surface area (TPSA) is 116 Å². The van der Waals surface area contributed by atoms with Gasteiger partial charge in [0.25, 0.3) is 5.91 Å². The molecule has 0 saturated heterocycles. The van der Waals surface area contributed by atoms with Crippen molar-refractivity contribution < 1.29 is 14.3 Å². The molecule has 2 aliphatic rings. The highest BCUT2D eigenvalue weighted by Crippen LogP contribution is 2.39. The molecule has 4 heterocycles. The monoisotopic (exact) mass is 685 g/mol. The van der Waals surface area contributed by atoms with E-state index in [-0.39, 0.29) is 29.7 Å². The minimum absolute atomic E-state index is 0.0222. The standard InChI is InChI=1S/C37H51N7O4Si/c1-26(2)43-15-16-44-30(19-32(45)35(34(44)37(43)46)48-24-27-9-7-6-8-10-27)21-39-14-13-38-20-29-23-42(25-47-17-18-49(3,4)5)36-33(29)41-31(22-40-36)28-11-12-28/h6-10,19,22-23,26,28,38-39H,11-18,20-21,24-25H2,1-5H3. The Hall–Kier alpha value is -3.84. The molecule has 1 saturated carbocycles. The van der Waals surface area contributed by atoms with Gasteiger partial charge >= 0.3 is 0 Å². The van der Waals surface area contributed by atoms with Crippen LogP contribution in [-0.4, -0.2) is 70.3 Å². The predicted octanol–water partition coefficient (Wildman–Crippen LogP) is 5.11. The molecule has 11 nitrogen and oxygen atoms in total. The van der Waals surface area contributed by atoms with Crippen molar-refractivity contribution in [3.05, 3.63) is 87.2 Å². The van der Waals surface area contributed by atoms with E-state index in [1.807, 2.05) is 54.9 Å². The second-order valence-electron chi connectivity index (χ2n) is 14.8. The third-order valence-electron chi connectivity index (χ3n) is 9.21. The Morgan fingerprint density at radius 2 is 1.78 bits per heavy atom. The fourth-order valence-corrected chi connectivity index (χ4v) is 6.95. The summed E-state index contributed by atoms with van der Waals surface area (Å²) in [5.41, 5.74) is 5.78. The minimum atomic E-state index is -1.16. The lowest BCUT2D eigenvalue weighted by atomic mass is 10.1. The van der Waals surface area contributed by atoms with Gasteiger partial charge < -0.3 is 34.1 Å². The summed E-state index contributed by atoms with van der Waals surface area (Å²) in [4.78, 5) is 38.7. The highest BCUT2D eigenvalue weighted by Gasteiger charge is 2.32. The molecule has 4 aromatic rings. The number of fused-ring (bicyclic) bond motifs is 2. The average molecular weight is 686 g/mol. The molecule has 0 spiro atoms. The van der Waals surface area contributed by atoms with Crippen LogP contribution in [0, 0.1) is 0 Å². The Balaban J connectivity index is 1.09. The molecule has 1 aromatic carbocycles. The van der Waals surface area contributed by atoms with E-state index in [2.05, 4.69) is 41.0 Å². The SMILES string of the molecule is CC(C)N1CCn2c(CNCCNCc3cn(COCC[Si](C)(C)C)c4ncc(C5CC5)nc34)cc(=O)c(OCc3ccccc3)c2C1=O. The summed E-state index contributed by atoms with van der Waals surface area (Å²) in [7, 11) is -1.16. The fourth-order valence-electron chi connectivity index (χ4n) is 6.19. The van der Waals surface area contributed by atoms with E-state index in [0.29, 0.717) is 57.6 Å². The first kappa shape index (κ1) is 35.0. The Bertz CT molecular complexity index is 1810. The molecule has 6 rings (SSSR count). The minimum Gasteiger partial charge on any atom is -0.483 e. The molecule has 1 fully saturated rings. The third kappa shape index (κ3) is 8.67. The molecule has 0 bridgehead atoms. The van der Waals surface area contributed by atoms with Crippen LogP contribution in [0.2, 0.25) is 25.7 Å². The number of nitrogens with one attached hydrogen (secondary N) is 2. The summed E-state index contributed by atoms with van der Waals surface area (Å²) >= 11 is 0. The molecular formula is C37H51N7O4Si. The van der Waals surface area contributed by atoms with E-state index < -0.39 is 8.07 Å². The Labute approximate surface area is 290 Å². The number of rotatable bonds is 17. The first-order chi connectivity index (χ1) is 23.6. The van der Waals surface area contributed by atoms with Crippen LogP contribution in [0.5, 0.6) is 5.75 Å². The lowest BCUT2D eigenvalue weighted by Crippen LogP contribution is -2.46. The normalized spacial score (nSPS) is 15.0. The average Bonchev–Trinajstić information content (AvgIpc) is 3.87. The maximum absolute atomic E-state index is 13.7. The first-order valence-corrected chi connectivity index (χ1v) is 21.4. The van der Waals surface area contributed by atoms with Crippen molar-refractivity contribution in [3.8, 4) is 5.75 Å². The fraction of sp³-hybridized carbons (Fsp3) is 0.514. The van der Waals surface area contributed by atoms with E-state index >= 15 is 0 Å². The van der Waals surface area contributed by atoms with Crippen LogP contribution in [0.3, 0.4) is 0 Å². The summed E-state index contributed by atoms with van der Waals surface area (Å²) in [5.74, 6) is 0.487. The molecule has 12 heteroatoms. The number of hydrogen-bond acceptors (Lipinski definition) is 8. The van der Waals surface area contributed by atoms with Crippen molar-refractivity contribution in [1.82, 2.24) is 34.6 Å². The Morgan fingerprint density at radius 3 is 2.49 bits per heavy atom. The number of benzene rings is 1. The lowest BCUT2D eigenvalue weighted by molar-refractivity contribution is 0.0636. The summed E-state index contributed by atoms with van der Waals surface area (Å²) in [6.07, 6.45) is 6.42. The second kappa shape index (κ2) is 15.4. The number of carbonyl (C=O) groups is 1. The molecule has 0 radical (unpaired) electrons. The van der Waals surface area contributed by atoms with Gasteiger partial charge in [0.15, 0.2) is 17.1 Å². The van der Waals surface area contributed by atoms with E-state index in [9.17, 15) is 9.59 Å². The van der Waals surface area contributed by atoms with E-state index in [4.69, 9.17) is 19.4 Å². The van der Waals surface area contributed by atoms with Gasteiger partial charge in [-0.25, -0.2) is 9.97 Å². The van der Waals surface area contributed by atoms with Crippen LogP contribution in [0.1, 0.15) is 65.6 Å². The van der Waals surface area contributed by atoms with Crippen LogP contribution in [0.15, 0.2) is 53.6 Å². The first-order valence-electron chi connectivity index (χ1n) is 17.7. The zero-order chi connectivity index (χ0) is 34.5. The van der Waals surface area contributed by atoms with Gasteiger partial charge in [-0.2, -0.15) is 0 Å². The largest absolute Gasteiger partial charge is 0.483 e. The number of ether oxygens (including phenoxy) is 2. The second-order valence-corrected chi connectivity index (χ2v) is 20.4. The Kier molecular flexibility index (Phi) is 11.0. The zero-order valence-electron chi connectivity index (χ0n) is 29.6. The number of pyridine rings is 1. The van der Waals surface area contributed by atoms with Crippen LogP contribution in [0.4, 0.5) is 0 Å². The van der Waals surface area contributed by atoms with E-state index in [0.717, 1.165) is 46.3 Å². The van der Waals surface area contributed by atoms with Crippen molar-refractivity contribution >= 4 is 25.1 Å². The smallest absolute Gasteiger partial charge is 0.274 e. The molecule has 1 amide bonds. The molecule has 0 atom stereocenters. The van der Waals surface area contributed by atoms with Crippen LogP contribution >= 0.6 is 0 Å². The number of hydrogen-bond donors (Lipinski definition) is 2. The quantitative estimate of drug-likeness (QED) is 0.117. The summed E-state index contributed by atoms with van der Waals surface area (Å²) in [6.45, 7) is 16.2. The highest BCUT2D eigenvalue weighted by molar-refractivity contribution is 6.76. The van der Waals surface area contributed by atoms with Crippen molar-refractivity contribution in [2.24, 2.45) is 0 Å². The third-order valence-corrected chi connectivity index (χ3v) is 10.9. The zero-order valence-corrected chi connectivity index (χ0v) is 30.6. The van der Waals surface area contributed by atoms with Crippen molar-refractivity contribution in [3.63, 3.8) is 0 Å². The number of aromatic nitrogens is 4. The van der Waals surface area contributed by atoms with Crippen LogP contribution in [-0.2, 0) is 37.7 Å². The van der Waals surface area contributed by atoms with E-state index in [1.165, 1.54) is 12.8 Å². The Morgan fingerprint density at radius 1 is 1.02 bits per heavy atom. The number of nitrogens with zero attached hydrogens (tertiary/aromatic N) is 5. The van der Waals surface area contributed by atoms with Gasteiger partial charge in [0.1, 0.15) is 18.9 Å². The van der Waals surface area contributed by atoms with Gasteiger partial charge in [0.05, 0.1) is 11.9 Å². The summed E-state index contributed by atoms with van der Waals surface area (Å²) < 4.78 is 16.1. The highest BCUT2D eigenvalue weighted by atomic mass is 28.3. The molecule has 1 aliphatic carbocycles. The van der Waals surface area contributed by atoms with Crippen molar-refractivity contribution in [2.75, 3.05) is 26.2 Å². The van der Waals surface area contributed by atoms with Gasteiger partial charge in [-0.3, -0.25) is 9.59 Å². The van der Waals surface area contributed by atoms with E-state index in [1.54, 1.807) is 11.0 Å². The van der Waals surface area contributed by atoms with Gasteiger partial charge in [-0.15, -0.1) is 0 Å². The number of carbonyl (C=O) groups excluding carboxylic acids is 1. The molecule has 1 aliphatic heterocycles.